The third kappa shape index (κ3) is 5.35. The highest BCUT2D eigenvalue weighted by molar-refractivity contribution is 5.84. The number of halogens is 3. The van der Waals surface area contributed by atoms with Gasteiger partial charge in [-0.05, 0) is 97.4 Å². The van der Waals surface area contributed by atoms with Crippen molar-refractivity contribution in [1.82, 2.24) is 0 Å². The summed E-state index contributed by atoms with van der Waals surface area (Å²) in [6.45, 7) is 0.846. The summed E-state index contributed by atoms with van der Waals surface area (Å²) in [5.74, 6) is -0.580. The Morgan fingerprint density at radius 1 is 0.844 bits per heavy atom. The highest BCUT2D eigenvalue weighted by Crippen LogP contribution is 2.38. The van der Waals surface area contributed by atoms with E-state index in [1.54, 1.807) is 13.2 Å². The van der Waals surface area contributed by atoms with Crippen LogP contribution in [0.1, 0.15) is 61.1 Å². The maximum Gasteiger partial charge on any atom is 0.159 e. The summed E-state index contributed by atoms with van der Waals surface area (Å²) in [5, 5.41) is 1.56. The van der Waals surface area contributed by atoms with E-state index in [9.17, 15) is 8.78 Å². The van der Waals surface area contributed by atoms with Crippen molar-refractivity contribution in [2.24, 2.45) is 5.92 Å². The minimum Gasteiger partial charge on any atom is -0.385 e. The molecule has 3 aromatic rings. The maximum atomic E-state index is 15.1. The van der Waals surface area contributed by atoms with Crippen molar-refractivity contribution >= 4 is 10.8 Å². The van der Waals surface area contributed by atoms with Crippen molar-refractivity contribution in [2.75, 3.05) is 13.7 Å². The van der Waals surface area contributed by atoms with Crippen LogP contribution in [0.4, 0.5) is 13.2 Å². The number of hydrogen-bond donors (Lipinski definition) is 0. The summed E-state index contributed by atoms with van der Waals surface area (Å²) in [4.78, 5) is 0. The Kier molecular flexibility index (Phi) is 7.51. The van der Waals surface area contributed by atoms with E-state index in [0.717, 1.165) is 30.4 Å². The second-order valence-electron chi connectivity index (χ2n) is 9.12. The van der Waals surface area contributed by atoms with Gasteiger partial charge in [-0.25, -0.2) is 13.2 Å². The van der Waals surface area contributed by atoms with Crippen molar-refractivity contribution in [1.29, 1.82) is 0 Å². The number of hydrogen-bond acceptors (Lipinski definition) is 1. The van der Waals surface area contributed by atoms with Gasteiger partial charge < -0.3 is 4.74 Å². The lowest BCUT2D eigenvalue weighted by Crippen LogP contribution is -2.14. The van der Waals surface area contributed by atoms with Gasteiger partial charge in [-0.1, -0.05) is 36.4 Å². The average Bonchev–Trinajstić information content (AvgIpc) is 2.81. The van der Waals surface area contributed by atoms with E-state index in [1.165, 1.54) is 43.7 Å². The highest BCUT2D eigenvalue weighted by Gasteiger charge is 2.22. The van der Waals surface area contributed by atoms with E-state index in [2.05, 4.69) is 12.1 Å². The van der Waals surface area contributed by atoms with Crippen molar-refractivity contribution in [3.63, 3.8) is 0 Å². The van der Waals surface area contributed by atoms with Crippen molar-refractivity contribution in [3.8, 4) is 0 Å². The summed E-state index contributed by atoms with van der Waals surface area (Å²) in [5.41, 5.74) is 2.57. The van der Waals surface area contributed by atoms with Crippen molar-refractivity contribution in [2.45, 2.75) is 57.3 Å². The van der Waals surface area contributed by atoms with Crippen LogP contribution in [0.25, 0.3) is 10.8 Å². The Balaban J connectivity index is 1.41. The van der Waals surface area contributed by atoms with Gasteiger partial charge in [0.2, 0.25) is 0 Å². The smallest absolute Gasteiger partial charge is 0.159 e. The molecule has 1 aliphatic carbocycles. The first-order valence-electron chi connectivity index (χ1n) is 11.7. The molecule has 3 aromatic carbocycles. The topological polar surface area (TPSA) is 9.23 Å². The fourth-order valence-electron chi connectivity index (χ4n) is 5.08. The number of rotatable bonds is 8. The minimum absolute atomic E-state index is 0.210. The van der Waals surface area contributed by atoms with Crippen LogP contribution < -0.4 is 0 Å². The first-order valence-corrected chi connectivity index (χ1v) is 11.7. The van der Waals surface area contributed by atoms with Crippen molar-refractivity contribution in [3.05, 3.63) is 82.7 Å². The molecule has 0 N–H and O–H groups in total. The zero-order chi connectivity index (χ0) is 22.5. The van der Waals surface area contributed by atoms with Crippen LogP contribution in [-0.2, 0) is 17.6 Å². The highest BCUT2D eigenvalue weighted by atomic mass is 19.2. The SMILES string of the molecule is COCCCC1CCC(c2ccc3c(F)c(CCc4ccc(F)c(F)c4)ccc3c2)CC1. The monoisotopic (exact) mass is 440 g/mol. The molecule has 32 heavy (non-hydrogen) atoms. The third-order valence-electron chi connectivity index (χ3n) is 7.00. The van der Waals surface area contributed by atoms with Crippen LogP contribution >= 0.6 is 0 Å². The molecule has 1 nitrogen and oxygen atoms in total. The van der Waals surface area contributed by atoms with E-state index in [4.69, 9.17) is 4.74 Å². The van der Waals surface area contributed by atoms with Gasteiger partial charge >= 0.3 is 0 Å². The average molecular weight is 441 g/mol. The van der Waals surface area contributed by atoms with Crippen molar-refractivity contribution < 1.29 is 17.9 Å². The van der Waals surface area contributed by atoms with Gasteiger partial charge in [0.15, 0.2) is 11.6 Å². The standard InChI is InChI=1S/C28H31F3O/c1-32-16-2-3-19-4-8-21(9-5-19)23-13-14-25-24(18-23)12-11-22(28(25)31)10-6-20-7-15-26(29)27(30)17-20/h7,11-15,17-19,21H,2-6,8-10,16H2,1H3. The second kappa shape index (κ2) is 10.5. The van der Waals surface area contributed by atoms with Crippen LogP contribution in [0.15, 0.2) is 48.5 Å². The lowest BCUT2D eigenvalue weighted by Gasteiger charge is -2.29. The number of aryl methyl sites for hydroxylation is 2. The lowest BCUT2D eigenvalue weighted by atomic mass is 9.77. The first-order chi connectivity index (χ1) is 15.5. The van der Waals surface area contributed by atoms with Gasteiger partial charge in [-0.15, -0.1) is 0 Å². The summed E-state index contributed by atoms with van der Waals surface area (Å²) in [6, 6.07) is 13.8. The van der Waals surface area contributed by atoms with Crippen LogP contribution in [0.2, 0.25) is 0 Å². The molecule has 1 fully saturated rings. The van der Waals surface area contributed by atoms with E-state index < -0.39 is 11.6 Å². The molecule has 0 aromatic heterocycles. The molecule has 0 saturated heterocycles. The molecular weight excluding hydrogens is 409 g/mol. The number of benzene rings is 3. The zero-order valence-electron chi connectivity index (χ0n) is 18.7. The number of methoxy groups -OCH3 is 1. The molecule has 1 aliphatic rings. The Morgan fingerprint density at radius 3 is 2.41 bits per heavy atom. The summed E-state index contributed by atoms with van der Waals surface area (Å²) in [7, 11) is 1.76. The Morgan fingerprint density at radius 2 is 1.66 bits per heavy atom. The van der Waals surface area contributed by atoms with Gasteiger partial charge in [0, 0.05) is 19.1 Å². The second-order valence-corrected chi connectivity index (χ2v) is 9.12. The molecule has 0 radical (unpaired) electrons. The van der Waals surface area contributed by atoms with E-state index in [1.807, 2.05) is 18.2 Å². The zero-order valence-corrected chi connectivity index (χ0v) is 18.7. The van der Waals surface area contributed by atoms with E-state index >= 15 is 4.39 Å². The van der Waals surface area contributed by atoms with Crippen LogP contribution in [0.3, 0.4) is 0 Å². The van der Waals surface area contributed by atoms with E-state index in [0.29, 0.717) is 35.3 Å². The number of fused-ring (bicyclic) bond motifs is 1. The summed E-state index contributed by atoms with van der Waals surface area (Å²) in [6.07, 6.45) is 8.19. The van der Waals surface area contributed by atoms with Gasteiger partial charge in [0.1, 0.15) is 5.82 Å². The van der Waals surface area contributed by atoms with Crippen LogP contribution in [-0.4, -0.2) is 13.7 Å². The molecule has 170 valence electrons. The molecule has 1 saturated carbocycles. The molecule has 0 atom stereocenters. The van der Waals surface area contributed by atoms with Crippen LogP contribution in [0, 0.1) is 23.4 Å². The van der Waals surface area contributed by atoms with Gasteiger partial charge in [-0.2, -0.15) is 0 Å². The Bertz CT molecular complexity index is 1050. The molecule has 0 amide bonds. The normalized spacial score (nSPS) is 18.9. The van der Waals surface area contributed by atoms with Gasteiger partial charge in [-0.3, -0.25) is 0 Å². The molecule has 4 heteroatoms. The molecule has 0 unspecified atom stereocenters. The third-order valence-corrected chi connectivity index (χ3v) is 7.00. The molecule has 4 rings (SSSR count). The minimum atomic E-state index is -0.863. The molecule has 0 heterocycles. The van der Waals surface area contributed by atoms with Gasteiger partial charge in [0.05, 0.1) is 0 Å². The molecular formula is C28H31F3O. The first kappa shape index (κ1) is 22.8. The predicted molar refractivity (Wildman–Crippen MR) is 123 cm³/mol. The molecule has 0 spiro atoms. The fourth-order valence-corrected chi connectivity index (χ4v) is 5.08. The lowest BCUT2D eigenvalue weighted by molar-refractivity contribution is 0.180. The predicted octanol–water partition coefficient (Wildman–Crippen LogP) is 7.74. The Hall–Kier alpha value is -2.33. The Labute approximate surface area is 188 Å². The fraction of sp³-hybridized carbons (Fsp3) is 0.429. The summed E-state index contributed by atoms with van der Waals surface area (Å²) < 4.78 is 46.8. The molecule has 0 aliphatic heterocycles. The van der Waals surface area contributed by atoms with Crippen LogP contribution in [0.5, 0.6) is 0 Å². The number of ether oxygens (including phenoxy) is 1. The van der Waals surface area contributed by atoms with Gasteiger partial charge in [0.25, 0.3) is 0 Å². The summed E-state index contributed by atoms with van der Waals surface area (Å²) >= 11 is 0. The quantitative estimate of drug-likeness (QED) is 0.326. The largest absolute Gasteiger partial charge is 0.385 e. The van der Waals surface area contributed by atoms with E-state index in [-0.39, 0.29) is 5.82 Å². The molecule has 0 bridgehead atoms. The maximum absolute atomic E-state index is 15.1.